The molecule has 0 bridgehead atoms. The fraction of sp³-hybridized carbons (Fsp3) is 0.400. The van der Waals surface area contributed by atoms with Crippen LogP contribution in [0, 0.1) is 4.91 Å². The number of benzene rings is 1. The number of piperidine rings is 1. The zero-order chi connectivity index (χ0) is 14.8. The molecule has 0 spiro atoms. The molecule has 110 valence electrons. The number of hydrogen-bond donors (Lipinski definition) is 1. The van der Waals surface area contributed by atoms with Crippen molar-refractivity contribution in [3.8, 4) is 5.88 Å². The van der Waals surface area contributed by atoms with Crippen molar-refractivity contribution in [1.82, 2.24) is 9.47 Å². The number of nitroso groups, excluding NO2 is 1. The first-order valence-electron chi connectivity index (χ1n) is 7.13. The maximum absolute atomic E-state index is 12.3. The van der Waals surface area contributed by atoms with Gasteiger partial charge in [-0.15, -0.1) is 4.91 Å². The summed E-state index contributed by atoms with van der Waals surface area (Å²) in [5, 5.41) is 13.6. The Hall–Kier alpha value is -2.37. The topological polar surface area (TPSA) is 74.9 Å². The smallest absolute Gasteiger partial charge is 0.242 e. The summed E-state index contributed by atoms with van der Waals surface area (Å²) in [6.07, 6.45) is 3.19. The van der Waals surface area contributed by atoms with E-state index < -0.39 is 0 Å². The van der Waals surface area contributed by atoms with Crippen molar-refractivity contribution in [2.24, 2.45) is 5.18 Å². The molecule has 1 amide bonds. The number of aromatic hydroxyl groups is 1. The van der Waals surface area contributed by atoms with Gasteiger partial charge in [0.1, 0.15) is 6.54 Å². The number of carbonyl (C=O) groups excluding carboxylic acids is 1. The predicted octanol–water partition coefficient (Wildman–Crippen LogP) is 2.76. The Labute approximate surface area is 121 Å². The molecule has 1 aromatic heterocycles. The molecular weight excluding hydrogens is 270 g/mol. The molecule has 21 heavy (non-hydrogen) atoms. The number of likely N-dealkylation sites (tertiary alicyclic amines) is 1. The van der Waals surface area contributed by atoms with Gasteiger partial charge < -0.3 is 14.6 Å². The fourth-order valence-corrected chi connectivity index (χ4v) is 2.90. The lowest BCUT2D eigenvalue weighted by Gasteiger charge is -2.27. The summed E-state index contributed by atoms with van der Waals surface area (Å²) < 4.78 is 1.46. The van der Waals surface area contributed by atoms with Gasteiger partial charge in [-0.2, -0.15) is 0 Å². The van der Waals surface area contributed by atoms with E-state index in [2.05, 4.69) is 5.18 Å². The Kier molecular flexibility index (Phi) is 3.60. The number of hydrogen-bond acceptors (Lipinski definition) is 4. The highest BCUT2D eigenvalue weighted by Crippen LogP contribution is 2.38. The second-order valence-electron chi connectivity index (χ2n) is 5.31. The lowest BCUT2D eigenvalue weighted by molar-refractivity contribution is -0.132. The average molecular weight is 287 g/mol. The van der Waals surface area contributed by atoms with Gasteiger partial charge in [0.15, 0.2) is 5.69 Å². The van der Waals surface area contributed by atoms with Crippen LogP contribution in [0.4, 0.5) is 5.69 Å². The molecule has 6 heteroatoms. The van der Waals surface area contributed by atoms with Crippen molar-refractivity contribution in [3.05, 3.63) is 29.2 Å². The summed E-state index contributed by atoms with van der Waals surface area (Å²) in [6, 6.07) is 7.06. The summed E-state index contributed by atoms with van der Waals surface area (Å²) in [4.78, 5) is 25.1. The van der Waals surface area contributed by atoms with E-state index in [4.69, 9.17) is 0 Å². The second kappa shape index (κ2) is 5.55. The first kappa shape index (κ1) is 13.6. The Morgan fingerprint density at radius 2 is 1.90 bits per heavy atom. The summed E-state index contributed by atoms with van der Waals surface area (Å²) in [5.74, 6) is -0.278. The Morgan fingerprint density at radius 1 is 1.19 bits per heavy atom. The van der Waals surface area contributed by atoms with E-state index in [0.717, 1.165) is 32.4 Å². The molecule has 3 rings (SSSR count). The lowest BCUT2D eigenvalue weighted by Crippen LogP contribution is -2.37. The molecular formula is C15H17N3O3. The van der Waals surface area contributed by atoms with Gasteiger partial charge in [0.05, 0.1) is 5.52 Å². The van der Waals surface area contributed by atoms with Crippen LogP contribution in [0.3, 0.4) is 0 Å². The van der Waals surface area contributed by atoms with Gasteiger partial charge >= 0.3 is 0 Å². The number of rotatable bonds is 3. The largest absolute Gasteiger partial charge is 0.493 e. The molecule has 6 nitrogen and oxygen atoms in total. The van der Waals surface area contributed by atoms with Crippen molar-refractivity contribution in [2.45, 2.75) is 25.8 Å². The molecule has 1 N–H and O–H groups in total. The van der Waals surface area contributed by atoms with Crippen LogP contribution in [-0.4, -0.2) is 33.6 Å². The lowest BCUT2D eigenvalue weighted by atomic mass is 10.1. The maximum Gasteiger partial charge on any atom is 0.242 e. The Bertz CT molecular complexity index is 687. The summed E-state index contributed by atoms with van der Waals surface area (Å²) in [6.45, 7) is 1.55. The Morgan fingerprint density at radius 3 is 2.62 bits per heavy atom. The fourth-order valence-electron chi connectivity index (χ4n) is 2.90. The van der Waals surface area contributed by atoms with Crippen molar-refractivity contribution in [2.75, 3.05) is 13.1 Å². The standard InChI is InChI=1S/C15H17N3O3/c19-13(17-8-4-1-5-9-17)10-18-12-7-3-2-6-11(12)14(16-21)15(18)20/h2-3,6-7,20H,1,4-5,8-10H2. The number of nitrogens with zero attached hydrogens (tertiary/aromatic N) is 3. The van der Waals surface area contributed by atoms with Crippen LogP contribution in [0.1, 0.15) is 19.3 Å². The van der Waals surface area contributed by atoms with E-state index in [1.807, 2.05) is 4.90 Å². The number of amides is 1. The van der Waals surface area contributed by atoms with Crippen molar-refractivity contribution >= 4 is 22.5 Å². The molecule has 1 fully saturated rings. The van der Waals surface area contributed by atoms with E-state index in [-0.39, 0.29) is 24.0 Å². The van der Waals surface area contributed by atoms with Crippen LogP contribution >= 0.6 is 0 Å². The number of carbonyl (C=O) groups is 1. The third-order valence-corrected chi connectivity index (χ3v) is 4.01. The van der Waals surface area contributed by atoms with Crippen molar-refractivity contribution in [3.63, 3.8) is 0 Å². The van der Waals surface area contributed by atoms with Crippen LogP contribution in [0.15, 0.2) is 29.4 Å². The first-order chi connectivity index (χ1) is 10.2. The van der Waals surface area contributed by atoms with E-state index >= 15 is 0 Å². The van der Waals surface area contributed by atoms with Crippen LogP contribution < -0.4 is 0 Å². The monoisotopic (exact) mass is 287 g/mol. The van der Waals surface area contributed by atoms with Crippen molar-refractivity contribution in [1.29, 1.82) is 0 Å². The highest BCUT2D eigenvalue weighted by Gasteiger charge is 2.22. The van der Waals surface area contributed by atoms with Crippen LogP contribution in [-0.2, 0) is 11.3 Å². The highest BCUT2D eigenvalue weighted by atomic mass is 16.3. The molecule has 1 aliphatic rings. The van der Waals surface area contributed by atoms with E-state index in [9.17, 15) is 14.8 Å². The second-order valence-corrected chi connectivity index (χ2v) is 5.31. The van der Waals surface area contributed by atoms with Gasteiger partial charge in [-0.25, -0.2) is 0 Å². The minimum atomic E-state index is -0.239. The van der Waals surface area contributed by atoms with Gasteiger partial charge in [-0.1, -0.05) is 18.2 Å². The van der Waals surface area contributed by atoms with E-state index in [0.29, 0.717) is 10.9 Å². The molecule has 0 atom stereocenters. The molecule has 1 aliphatic heterocycles. The normalized spacial score (nSPS) is 15.3. The average Bonchev–Trinajstić information content (AvgIpc) is 2.80. The molecule has 1 saturated heterocycles. The summed E-state index contributed by atoms with van der Waals surface area (Å²) in [5.41, 5.74) is 0.645. The number of aromatic nitrogens is 1. The number of para-hydroxylation sites is 1. The summed E-state index contributed by atoms with van der Waals surface area (Å²) >= 11 is 0. The Balaban J connectivity index is 1.95. The molecule has 0 radical (unpaired) electrons. The SMILES string of the molecule is O=Nc1c(O)n(CC(=O)N2CCCCC2)c2ccccc12. The minimum absolute atomic E-state index is 0.00274. The van der Waals surface area contributed by atoms with Crippen LogP contribution in [0.5, 0.6) is 5.88 Å². The van der Waals surface area contributed by atoms with E-state index in [1.165, 1.54) is 4.57 Å². The summed E-state index contributed by atoms with van der Waals surface area (Å²) in [7, 11) is 0. The van der Waals surface area contributed by atoms with Gasteiger partial charge in [0.25, 0.3) is 0 Å². The molecule has 2 aromatic rings. The maximum atomic E-state index is 12.3. The quantitative estimate of drug-likeness (QED) is 0.882. The molecule has 0 aliphatic carbocycles. The van der Waals surface area contributed by atoms with Crippen molar-refractivity contribution < 1.29 is 9.90 Å². The zero-order valence-corrected chi connectivity index (χ0v) is 11.7. The third kappa shape index (κ3) is 2.37. The van der Waals surface area contributed by atoms with Gasteiger partial charge in [0, 0.05) is 18.5 Å². The van der Waals surface area contributed by atoms with Crippen LogP contribution in [0.2, 0.25) is 0 Å². The van der Waals surface area contributed by atoms with Crippen LogP contribution in [0.25, 0.3) is 10.9 Å². The predicted molar refractivity (Wildman–Crippen MR) is 79.5 cm³/mol. The third-order valence-electron chi connectivity index (χ3n) is 4.01. The van der Waals surface area contributed by atoms with E-state index in [1.54, 1.807) is 24.3 Å². The number of fused-ring (bicyclic) bond motifs is 1. The van der Waals surface area contributed by atoms with Gasteiger partial charge in [-0.05, 0) is 30.5 Å². The minimum Gasteiger partial charge on any atom is -0.493 e. The van der Waals surface area contributed by atoms with Gasteiger partial charge in [0.2, 0.25) is 11.8 Å². The van der Waals surface area contributed by atoms with Gasteiger partial charge in [-0.3, -0.25) is 4.79 Å². The molecule has 0 unspecified atom stereocenters. The zero-order valence-electron chi connectivity index (χ0n) is 11.7. The molecule has 2 heterocycles. The highest BCUT2D eigenvalue weighted by molar-refractivity contribution is 5.96. The first-order valence-corrected chi connectivity index (χ1v) is 7.13. The molecule has 1 aromatic carbocycles. The molecule has 0 saturated carbocycles.